The lowest BCUT2D eigenvalue weighted by molar-refractivity contribution is -0.138. The SMILES string of the molecule is N#Cc1cc(-c2c(-n3c4cc(C(F)(F)F)ccc4c4ccc(C(F)(F)F)cc43)cc(C#N)cc2-n2c3cc(C(F)(F)F)ccc3c3ccc(C(F)(F)F)cc32)cc(C(F)(F)F)c1. The fourth-order valence-electron chi connectivity index (χ4n) is 7.59. The highest BCUT2D eigenvalue weighted by atomic mass is 19.4. The van der Waals surface area contributed by atoms with Gasteiger partial charge >= 0.3 is 30.9 Å². The Balaban J connectivity index is 1.67. The third-order valence-electron chi connectivity index (χ3n) is 10.2. The van der Waals surface area contributed by atoms with E-state index >= 15 is 0 Å². The van der Waals surface area contributed by atoms with E-state index in [1.165, 1.54) is 6.07 Å². The average Bonchev–Trinajstić information content (AvgIpc) is 3.69. The van der Waals surface area contributed by atoms with Gasteiger partial charge in [0.1, 0.15) is 0 Å². The molecule has 0 bridgehead atoms. The van der Waals surface area contributed by atoms with Crippen molar-refractivity contribution in [3.63, 3.8) is 0 Å². The van der Waals surface area contributed by atoms with Crippen LogP contribution in [0.25, 0.3) is 66.1 Å². The summed E-state index contributed by atoms with van der Waals surface area (Å²) in [4.78, 5) is 0. The lowest BCUT2D eigenvalue weighted by atomic mass is 9.94. The molecule has 6 aromatic carbocycles. The highest BCUT2D eigenvalue weighted by molar-refractivity contribution is 6.12. The van der Waals surface area contributed by atoms with Crippen molar-refractivity contribution >= 4 is 43.6 Å². The molecule has 0 saturated carbocycles. The summed E-state index contributed by atoms with van der Waals surface area (Å²) in [5.41, 5.74) is -12.9. The number of fused-ring (bicyclic) bond motifs is 6. The van der Waals surface area contributed by atoms with Crippen molar-refractivity contribution in [2.75, 3.05) is 0 Å². The van der Waals surface area contributed by atoms with E-state index in [1.807, 2.05) is 0 Å². The summed E-state index contributed by atoms with van der Waals surface area (Å²) in [7, 11) is 0. The van der Waals surface area contributed by atoms with Crippen molar-refractivity contribution in [3.8, 4) is 34.6 Å². The lowest BCUT2D eigenvalue weighted by Crippen LogP contribution is -2.10. The smallest absolute Gasteiger partial charge is 0.308 e. The Morgan fingerprint density at radius 2 is 0.629 bits per heavy atom. The van der Waals surface area contributed by atoms with Crippen molar-refractivity contribution in [3.05, 3.63) is 142 Å². The number of hydrogen-bond acceptors (Lipinski definition) is 2. The fourth-order valence-corrected chi connectivity index (χ4v) is 7.59. The van der Waals surface area contributed by atoms with Crippen molar-refractivity contribution in [1.29, 1.82) is 10.5 Å². The van der Waals surface area contributed by atoms with Crippen LogP contribution >= 0.6 is 0 Å². The van der Waals surface area contributed by atoms with Crippen LogP contribution in [0.1, 0.15) is 38.9 Å². The van der Waals surface area contributed by atoms with Gasteiger partial charge in [-0.05, 0) is 84.4 Å². The van der Waals surface area contributed by atoms with Crippen LogP contribution in [0.5, 0.6) is 0 Å². The molecule has 0 aliphatic carbocycles. The Bertz CT molecular complexity index is 2940. The van der Waals surface area contributed by atoms with Gasteiger partial charge in [-0.25, -0.2) is 0 Å². The van der Waals surface area contributed by atoms with Gasteiger partial charge in [0.05, 0.1) is 84.5 Å². The number of benzene rings is 6. The Morgan fingerprint density at radius 3 is 0.903 bits per heavy atom. The van der Waals surface area contributed by atoms with E-state index in [9.17, 15) is 76.4 Å². The molecule has 0 fully saturated rings. The lowest BCUT2D eigenvalue weighted by Gasteiger charge is -2.22. The monoisotopic (exact) mass is 874 g/mol. The Kier molecular flexibility index (Phi) is 9.18. The maximum absolute atomic E-state index is 14.5. The highest BCUT2D eigenvalue weighted by Crippen LogP contribution is 2.47. The third-order valence-corrected chi connectivity index (χ3v) is 10.2. The minimum Gasteiger partial charge on any atom is -0.308 e. The second-order valence-corrected chi connectivity index (χ2v) is 14.0. The van der Waals surface area contributed by atoms with Crippen LogP contribution in [-0.2, 0) is 30.9 Å². The van der Waals surface area contributed by atoms with Gasteiger partial charge in [-0.1, -0.05) is 24.3 Å². The zero-order valence-corrected chi connectivity index (χ0v) is 30.3. The van der Waals surface area contributed by atoms with Crippen molar-refractivity contribution in [1.82, 2.24) is 9.13 Å². The molecule has 19 heteroatoms. The van der Waals surface area contributed by atoms with E-state index in [-0.39, 0.29) is 21.5 Å². The predicted octanol–water partition coefficient (Wildman–Crippen LogP) is 14.4. The summed E-state index contributed by atoms with van der Waals surface area (Å²) in [6.45, 7) is 0. The van der Waals surface area contributed by atoms with Gasteiger partial charge in [-0.2, -0.15) is 76.4 Å². The number of hydrogen-bond donors (Lipinski definition) is 0. The van der Waals surface area contributed by atoms with Crippen LogP contribution in [0.15, 0.2) is 103 Å². The van der Waals surface area contributed by atoms with Crippen LogP contribution in [0.4, 0.5) is 65.9 Å². The molecule has 8 aromatic rings. The van der Waals surface area contributed by atoms with Crippen LogP contribution in [0.2, 0.25) is 0 Å². The molecule has 4 nitrogen and oxygen atoms in total. The first-order chi connectivity index (χ1) is 28.8. The number of rotatable bonds is 3. The molecule has 0 amide bonds. The molecule has 0 aliphatic heterocycles. The van der Waals surface area contributed by atoms with E-state index in [1.54, 1.807) is 6.07 Å². The maximum Gasteiger partial charge on any atom is 0.416 e. The first-order valence-electron chi connectivity index (χ1n) is 17.5. The zero-order valence-electron chi connectivity index (χ0n) is 30.3. The molecule has 314 valence electrons. The molecule has 0 radical (unpaired) electrons. The van der Waals surface area contributed by atoms with E-state index in [4.69, 9.17) is 0 Å². The zero-order chi connectivity index (χ0) is 45.1. The molecular weight excluding hydrogens is 857 g/mol. The quantitative estimate of drug-likeness (QED) is 0.166. The van der Waals surface area contributed by atoms with Gasteiger partial charge in [0.2, 0.25) is 0 Å². The van der Waals surface area contributed by atoms with E-state index in [0.717, 1.165) is 51.6 Å². The molecule has 0 unspecified atom stereocenters. The molecule has 0 saturated heterocycles. The average molecular weight is 875 g/mol. The van der Waals surface area contributed by atoms with Gasteiger partial charge in [0.15, 0.2) is 0 Å². The molecule has 2 aromatic heterocycles. The van der Waals surface area contributed by atoms with Gasteiger partial charge in [0.25, 0.3) is 0 Å². The molecular formula is C43H17F15N4. The van der Waals surface area contributed by atoms with Crippen LogP contribution in [-0.4, -0.2) is 9.13 Å². The fraction of sp³-hybridized carbons (Fsp3) is 0.116. The molecule has 0 atom stereocenters. The number of nitrogens with zero attached hydrogens (tertiary/aromatic N) is 4. The van der Waals surface area contributed by atoms with E-state index < -0.39 is 114 Å². The standard InChI is InChI=1S/C43H17F15N4/c44-39(45,46)23-1-5-28-29-6-2-24(40(47,48)49)15-33(29)61(32(28)14-23)36-11-21(19-60)12-37(38(36)22-9-20(18-59)10-27(13-22)43(56,57)58)62-34-16-25(41(50,51)52)3-7-30(34)31-8-4-26(17-35(31)62)42(53,54)55/h1-17H. The summed E-state index contributed by atoms with van der Waals surface area (Å²) in [6, 6.07) is 14.9. The first kappa shape index (κ1) is 41.6. The van der Waals surface area contributed by atoms with Gasteiger partial charge < -0.3 is 9.13 Å². The summed E-state index contributed by atoms with van der Waals surface area (Å²) in [5.74, 6) is 0. The molecule has 0 aliphatic rings. The minimum atomic E-state index is -5.24. The number of aromatic nitrogens is 2. The van der Waals surface area contributed by atoms with Gasteiger partial charge in [-0.15, -0.1) is 0 Å². The summed E-state index contributed by atoms with van der Waals surface area (Å²) in [6.07, 6.45) is -25.6. The molecule has 2 heterocycles. The van der Waals surface area contributed by atoms with Crippen LogP contribution < -0.4 is 0 Å². The molecule has 8 rings (SSSR count). The minimum absolute atomic E-state index is 0.139. The van der Waals surface area contributed by atoms with Crippen LogP contribution in [0.3, 0.4) is 0 Å². The van der Waals surface area contributed by atoms with Crippen LogP contribution in [0, 0.1) is 22.7 Å². The maximum atomic E-state index is 14.5. The Hall–Kier alpha value is -7.15. The summed E-state index contributed by atoms with van der Waals surface area (Å²) in [5, 5.41) is 19.7. The van der Waals surface area contributed by atoms with E-state index in [0.29, 0.717) is 60.7 Å². The Labute approximate surface area is 336 Å². The van der Waals surface area contributed by atoms with E-state index in [2.05, 4.69) is 0 Å². The first-order valence-corrected chi connectivity index (χ1v) is 17.5. The van der Waals surface area contributed by atoms with Crippen molar-refractivity contribution in [2.24, 2.45) is 0 Å². The summed E-state index contributed by atoms with van der Waals surface area (Å²) < 4.78 is 217. The summed E-state index contributed by atoms with van der Waals surface area (Å²) >= 11 is 0. The molecule has 62 heavy (non-hydrogen) atoms. The number of nitriles is 2. The number of alkyl halides is 15. The second-order valence-electron chi connectivity index (χ2n) is 14.0. The third kappa shape index (κ3) is 6.96. The van der Waals surface area contributed by atoms with Crippen molar-refractivity contribution in [2.45, 2.75) is 30.9 Å². The second kappa shape index (κ2) is 13.7. The molecule has 0 N–H and O–H groups in total. The predicted molar refractivity (Wildman–Crippen MR) is 195 cm³/mol. The van der Waals surface area contributed by atoms with Gasteiger partial charge in [-0.3, -0.25) is 0 Å². The van der Waals surface area contributed by atoms with Crippen molar-refractivity contribution < 1.29 is 65.9 Å². The number of halogens is 15. The van der Waals surface area contributed by atoms with Gasteiger partial charge in [0, 0.05) is 27.1 Å². The normalized spacial score (nSPS) is 13.0. The largest absolute Gasteiger partial charge is 0.416 e. The highest BCUT2D eigenvalue weighted by Gasteiger charge is 2.37. The topological polar surface area (TPSA) is 57.4 Å². The molecule has 0 spiro atoms. The Morgan fingerprint density at radius 1 is 0.339 bits per heavy atom.